The summed E-state index contributed by atoms with van der Waals surface area (Å²) in [5, 5.41) is 5.12. The summed E-state index contributed by atoms with van der Waals surface area (Å²) < 4.78 is 26.9. The molecule has 0 spiro atoms. The van der Waals surface area contributed by atoms with E-state index in [0.717, 1.165) is 29.2 Å². The molecular formula is C22H22N2O3S. The van der Waals surface area contributed by atoms with E-state index in [-0.39, 0.29) is 10.8 Å². The maximum absolute atomic E-state index is 12.7. The van der Waals surface area contributed by atoms with Crippen molar-refractivity contribution in [2.45, 2.75) is 24.3 Å². The molecule has 1 amide bonds. The maximum atomic E-state index is 12.7. The van der Waals surface area contributed by atoms with Crippen molar-refractivity contribution in [3.8, 4) is 0 Å². The number of benzene rings is 3. The SMILES string of the molecule is O=C(NCc1cccc2ccccc12)c1cccc(S(=O)(=O)N2CCCC2)c1. The number of carbonyl (C=O) groups excluding carboxylic acids is 1. The van der Waals surface area contributed by atoms with E-state index in [0.29, 0.717) is 25.2 Å². The van der Waals surface area contributed by atoms with E-state index < -0.39 is 10.0 Å². The summed E-state index contributed by atoms with van der Waals surface area (Å²) in [7, 11) is -3.54. The molecule has 144 valence electrons. The van der Waals surface area contributed by atoms with Gasteiger partial charge in [-0.05, 0) is 47.4 Å². The molecule has 0 atom stereocenters. The Balaban J connectivity index is 1.52. The molecular weight excluding hydrogens is 372 g/mol. The first kappa shape index (κ1) is 18.7. The van der Waals surface area contributed by atoms with Crippen LogP contribution in [0.2, 0.25) is 0 Å². The van der Waals surface area contributed by atoms with Crippen LogP contribution in [0.3, 0.4) is 0 Å². The number of amides is 1. The van der Waals surface area contributed by atoms with Crippen LogP contribution >= 0.6 is 0 Å². The van der Waals surface area contributed by atoms with Gasteiger partial charge in [0.25, 0.3) is 5.91 Å². The summed E-state index contributed by atoms with van der Waals surface area (Å²) in [6, 6.07) is 20.3. The number of nitrogens with zero attached hydrogens (tertiary/aromatic N) is 1. The van der Waals surface area contributed by atoms with Gasteiger partial charge in [0.2, 0.25) is 10.0 Å². The van der Waals surface area contributed by atoms with Crippen molar-refractivity contribution < 1.29 is 13.2 Å². The molecule has 0 bridgehead atoms. The smallest absolute Gasteiger partial charge is 0.251 e. The molecule has 1 heterocycles. The first-order valence-corrected chi connectivity index (χ1v) is 10.8. The fourth-order valence-electron chi connectivity index (χ4n) is 3.60. The number of hydrogen-bond donors (Lipinski definition) is 1. The lowest BCUT2D eigenvalue weighted by atomic mass is 10.0. The first-order valence-electron chi connectivity index (χ1n) is 9.41. The molecule has 0 radical (unpaired) electrons. The monoisotopic (exact) mass is 394 g/mol. The van der Waals surface area contributed by atoms with Gasteiger partial charge in [0.15, 0.2) is 0 Å². The van der Waals surface area contributed by atoms with Gasteiger partial charge >= 0.3 is 0 Å². The topological polar surface area (TPSA) is 66.5 Å². The maximum Gasteiger partial charge on any atom is 0.251 e. The summed E-state index contributed by atoms with van der Waals surface area (Å²) in [4.78, 5) is 12.8. The van der Waals surface area contributed by atoms with E-state index in [9.17, 15) is 13.2 Å². The van der Waals surface area contributed by atoms with Crippen LogP contribution in [0.1, 0.15) is 28.8 Å². The highest BCUT2D eigenvalue weighted by atomic mass is 32.2. The van der Waals surface area contributed by atoms with E-state index in [1.807, 2.05) is 42.5 Å². The minimum atomic E-state index is -3.54. The van der Waals surface area contributed by atoms with Crippen LogP contribution in [-0.2, 0) is 16.6 Å². The summed E-state index contributed by atoms with van der Waals surface area (Å²) in [5.41, 5.74) is 1.37. The highest BCUT2D eigenvalue weighted by Gasteiger charge is 2.27. The van der Waals surface area contributed by atoms with Crippen LogP contribution in [0.25, 0.3) is 10.8 Å². The molecule has 6 heteroatoms. The highest BCUT2D eigenvalue weighted by molar-refractivity contribution is 7.89. The molecule has 0 aliphatic carbocycles. The van der Waals surface area contributed by atoms with Crippen molar-refractivity contribution in [1.29, 1.82) is 0 Å². The lowest BCUT2D eigenvalue weighted by Crippen LogP contribution is -2.28. The Bertz CT molecular complexity index is 1110. The van der Waals surface area contributed by atoms with Crippen LogP contribution < -0.4 is 5.32 Å². The molecule has 5 nitrogen and oxygen atoms in total. The number of fused-ring (bicyclic) bond motifs is 1. The Morgan fingerprint density at radius 3 is 2.46 bits per heavy atom. The Morgan fingerprint density at radius 2 is 1.64 bits per heavy atom. The molecule has 0 unspecified atom stereocenters. The number of nitrogens with one attached hydrogen (secondary N) is 1. The zero-order chi connectivity index (χ0) is 19.6. The summed E-state index contributed by atoms with van der Waals surface area (Å²) >= 11 is 0. The summed E-state index contributed by atoms with van der Waals surface area (Å²) in [6.45, 7) is 1.46. The molecule has 4 rings (SSSR count). The number of carbonyl (C=O) groups is 1. The summed E-state index contributed by atoms with van der Waals surface area (Å²) in [6.07, 6.45) is 1.76. The molecule has 0 saturated carbocycles. The third-order valence-electron chi connectivity index (χ3n) is 5.12. The zero-order valence-corrected chi connectivity index (χ0v) is 16.3. The number of hydrogen-bond acceptors (Lipinski definition) is 3. The Labute approximate surface area is 165 Å². The molecule has 1 aliphatic rings. The zero-order valence-electron chi connectivity index (χ0n) is 15.5. The standard InChI is InChI=1S/C22H22N2O3S/c25-22(23-16-19-10-5-8-17-7-1-2-12-21(17)19)18-9-6-11-20(15-18)28(26,27)24-13-3-4-14-24/h1-2,5-12,15H,3-4,13-14,16H2,(H,23,25). The Hall–Kier alpha value is -2.70. The van der Waals surface area contributed by atoms with Crippen molar-refractivity contribution >= 4 is 26.7 Å². The first-order chi connectivity index (χ1) is 13.6. The minimum Gasteiger partial charge on any atom is -0.348 e. The van der Waals surface area contributed by atoms with Gasteiger partial charge in [0, 0.05) is 25.2 Å². The molecule has 3 aromatic rings. The average molecular weight is 394 g/mol. The molecule has 3 aromatic carbocycles. The normalized spacial score (nSPS) is 15.0. The second-order valence-corrected chi connectivity index (χ2v) is 8.90. The van der Waals surface area contributed by atoms with Crippen LogP contribution in [0.4, 0.5) is 0 Å². The highest BCUT2D eigenvalue weighted by Crippen LogP contribution is 2.22. The summed E-state index contributed by atoms with van der Waals surface area (Å²) in [5.74, 6) is -0.286. The van der Waals surface area contributed by atoms with Crippen molar-refractivity contribution in [2.24, 2.45) is 0 Å². The lowest BCUT2D eigenvalue weighted by Gasteiger charge is -2.16. The van der Waals surface area contributed by atoms with E-state index in [1.165, 1.54) is 10.4 Å². The van der Waals surface area contributed by atoms with Crippen molar-refractivity contribution in [2.75, 3.05) is 13.1 Å². The quantitative estimate of drug-likeness (QED) is 0.720. The van der Waals surface area contributed by atoms with Crippen molar-refractivity contribution in [3.63, 3.8) is 0 Å². The average Bonchev–Trinajstić information content (AvgIpc) is 3.28. The Kier molecular flexibility index (Phi) is 5.15. The third-order valence-corrected chi connectivity index (χ3v) is 7.01. The van der Waals surface area contributed by atoms with Crippen LogP contribution in [0.15, 0.2) is 71.6 Å². The molecule has 1 N–H and O–H groups in total. The fraction of sp³-hybridized carbons (Fsp3) is 0.227. The van der Waals surface area contributed by atoms with Crippen molar-refractivity contribution in [1.82, 2.24) is 9.62 Å². The minimum absolute atomic E-state index is 0.173. The van der Waals surface area contributed by atoms with Gasteiger partial charge in [0.1, 0.15) is 0 Å². The predicted octanol–water partition coefficient (Wildman–Crippen LogP) is 3.55. The van der Waals surface area contributed by atoms with Gasteiger partial charge in [-0.3, -0.25) is 4.79 Å². The van der Waals surface area contributed by atoms with Crippen LogP contribution in [0, 0.1) is 0 Å². The van der Waals surface area contributed by atoms with Gasteiger partial charge in [-0.2, -0.15) is 4.31 Å². The van der Waals surface area contributed by atoms with E-state index >= 15 is 0 Å². The molecule has 1 saturated heterocycles. The van der Waals surface area contributed by atoms with Gasteiger partial charge in [-0.15, -0.1) is 0 Å². The van der Waals surface area contributed by atoms with E-state index in [2.05, 4.69) is 5.32 Å². The largest absolute Gasteiger partial charge is 0.348 e. The molecule has 1 aliphatic heterocycles. The van der Waals surface area contributed by atoms with Crippen LogP contribution in [-0.4, -0.2) is 31.7 Å². The van der Waals surface area contributed by atoms with Crippen molar-refractivity contribution in [3.05, 3.63) is 77.9 Å². The number of rotatable bonds is 5. The fourth-order valence-corrected chi connectivity index (χ4v) is 5.16. The van der Waals surface area contributed by atoms with Gasteiger partial charge < -0.3 is 5.32 Å². The molecule has 1 fully saturated rings. The van der Waals surface area contributed by atoms with Gasteiger partial charge in [-0.25, -0.2) is 8.42 Å². The van der Waals surface area contributed by atoms with Crippen LogP contribution in [0.5, 0.6) is 0 Å². The van der Waals surface area contributed by atoms with E-state index in [4.69, 9.17) is 0 Å². The van der Waals surface area contributed by atoms with Gasteiger partial charge in [-0.1, -0.05) is 48.5 Å². The number of sulfonamides is 1. The van der Waals surface area contributed by atoms with E-state index in [1.54, 1.807) is 18.2 Å². The second-order valence-electron chi connectivity index (χ2n) is 6.96. The second kappa shape index (κ2) is 7.73. The van der Waals surface area contributed by atoms with Gasteiger partial charge in [0.05, 0.1) is 4.90 Å². The molecule has 0 aromatic heterocycles. The Morgan fingerprint density at radius 1 is 0.929 bits per heavy atom. The third kappa shape index (κ3) is 3.66. The predicted molar refractivity (Wildman–Crippen MR) is 110 cm³/mol. The molecule has 28 heavy (non-hydrogen) atoms. The lowest BCUT2D eigenvalue weighted by molar-refractivity contribution is 0.0951.